The Morgan fingerprint density at radius 1 is 1.24 bits per heavy atom. The van der Waals surface area contributed by atoms with Crippen LogP contribution in [0, 0.1) is 0 Å². The zero-order chi connectivity index (χ0) is 17.8. The largest absolute Gasteiger partial charge is 0.374 e. The number of amides is 3. The van der Waals surface area contributed by atoms with E-state index in [0.717, 1.165) is 13.1 Å². The van der Waals surface area contributed by atoms with E-state index in [-0.39, 0.29) is 36.8 Å². The highest BCUT2D eigenvalue weighted by Gasteiger charge is 2.34. The highest BCUT2D eigenvalue weighted by Crippen LogP contribution is 2.22. The van der Waals surface area contributed by atoms with Gasteiger partial charge >= 0.3 is 0 Å². The Morgan fingerprint density at radius 2 is 1.92 bits per heavy atom. The van der Waals surface area contributed by atoms with E-state index in [2.05, 4.69) is 10.2 Å². The van der Waals surface area contributed by atoms with Gasteiger partial charge in [-0.05, 0) is 25.6 Å². The first-order valence-electron chi connectivity index (χ1n) is 8.58. The van der Waals surface area contributed by atoms with Gasteiger partial charge < -0.3 is 15.0 Å². The summed E-state index contributed by atoms with van der Waals surface area (Å²) >= 11 is 0. The van der Waals surface area contributed by atoms with Crippen LogP contribution in [0.3, 0.4) is 0 Å². The van der Waals surface area contributed by atoms with Gasteiger partial charge in [0, 0.05) is 32.6 Å². The Labute approximate surface area is 146 Å². The Morgan fingerprint density at radius 3 is 2.56 bits per heavy atom. The molecule has 1 fully saturated rings. The predicted octanol–water partition coefficient (Wildman–Crippen LogP) is 0.510. The number of morpholine rings is 1. The third-order valence-corrected chi connectivity index (χ3v) is 4.53. The fourth-order valence-electron chi connectivity index (χ4n) is 3.15. The molecule has 0 aliphatic carbocycles. The first kappa shape index (κ1) is 17.6. The molecule has 2 aliphatic heterocycles. The van der Waals surface area contributed by atoms with E-state index in [1.54, 1.807) is 24.3 Å². The molecule has 0 spiro atoms. The van der Waals surface area contributed by atoms with Gasteiger partial charge in [-0.15, -0.1) is 0 Å². The number of hydrogen-bond donors (Lipinski definition) is 1. The summed E-state index contributed by atoms with van der Waals surface area (Å²) in [4.78, 5) is 39.8. The molecule has 1 unspecified atom stereocenters. The van der Waals surface area contributed by atoms with E-state index in [1.165, 1.54) is 4.90 Å². The van der Waals surface area contributed by atoms with E-state index in [4.69, 9.17) is 4.74 Å². The summed E-state index contributed by atoms with van der Waals surface area (Å²) in [6, 6.07) is 6.80. The maximum Gasteiger partial charge on any atom is 0.261 e. The molecule has 0 aromatic heterocycles. The van der Waals surface area contributed by atoms with Crippen LogP contribution in [0.5, 0.6) is 0 Å². The van der Waals surface area contributed by atoms with Crippen molar-refractivity contribution in [3.63, 3.8) is 0 Å². The lowest BCUT2D eigenvalue weighted by atomic mass is 10.1. The normalized spacial score (nSPS) is 20.7. The Balaban J connectivity index is 1.40. The predicted molar refractivity (Wildman–Crippen MR) is 91.3 cm³/mol. The van der Waals surface area contributed by atoms with Crippen LogP contribution in [0.1, 0.15) is 33.6 Å². The van der Waals surface area contributed by atoms with Crippen LogP contribution in [0.25, 0.3) is 0 Å². The summed E-state index contributed by atoms with van der Waals surface area (Å²) in [6.45, 7) is 3.12. The molecule has 7 heteroatoms. The number of ether oxygens (including phenoxy) is 1. The van der Waals surface area contributed by atoms with Gasteiger partial charge in [0.1, 0.15) is 0 Å². The number of fused-ring (bicyclic) bond motifs is 1. The number of likely N-dealkylation sites (N-methyl/N-ethyl adjacent to an activating group) is 1. The van der Waals surface area contributed by atoms with Crippen molar-refractivity contribution in [1.82, 2.24) is 15.1 Å². The van der Waals surface area contributed by atoms with Crippen LogP contribution in [0.2, 0.25) is 0 Å². The Hall–Kier alpha value is -2.25. The fraction of sp³-hybridized carbons (Fsp3) is 0.500. The van der Waals surface area contributed by atoms with Crippen molar-refractivity contribution < 1.29 is 19.1 Å². The maximum atomic E-state index is 12.2. The van der Waals surface area contributed by atoms with Gasteiger partial charge in [0.2, 0.25) is 5.91 Å². The fourth-order valence-corrected chi connectivity index (χ4v) is 3.15. The van der Waals surface area contributed by atoms with Gasteiger partial charge in [0.15, 0.2) is 0 Å². The van der Waals surface area contributed by atoms with Crippen molar-refractivity contribution in [2.75, 3.05) is 39.8 Å². The molecule has 0 bridgehead atoms. The van der Waals surface area contributed by atoms with Gasteiger partial charge in [0.05, 0.1) is 23.8 Å². The molecule has 3 rings (SSSR count). The minimum absolute atomic E-state index is 0.0129. The average Bonchev–Trinajstić information content (AvgIpc) is 2.85. The lowest BCUT2D eigenvalue weighted by Gasteiger charge is -2.30. The van der Waals surface area contributed by atoms with Crippen molar-refractivity contribution in [2.24, 2.45) is 0 Å². The first-order valence-corrected chi connectivity index (χ1v) is 8.58. The van der Waals surface area contributed by atoms with Crippen LogP contribution < -0.4 is 5.32 Å². The van der Waals surface area contributed by atoms with Crippen molar-refractivity contribution >= 4 is 17.7 Å². The molecule has 1 N–H and O–H groups in total. The molecule has 134 valence electrons. The Bertz CT molecular complexity index is 641. The number of nitrogens with zero attached hydrogens (tertiary/aromatic N) is 2. The van der Waals surface area contributed by atoms with Crippen LogP contribution in [-0.2, 0) is 9.53 Å². The van der Waals surface area contributed by atoms with Crippen molar-refractivity contribution in [1.29, 1.82) is 0 Å². The third kappa shape index (κ3) is 4.05. The van der Waals surface area contributed by atoms with Crippen LogP contribution >= 0.6 is 0 Å². The van der Waals surface area contributed by atoms with E-state index in [1.807, 2.05) is 7.05 Å². The summed E-state index contributed by atoms with van der Waals surface area (Å²) in [5, 5.41) is 2.86. The number of carbonyl (C=O) groups is 3. The van der Waals surface area contributed by atoms with Gasteiger partial charge in [-0.3, -0.25) is 19.3 Å². The lowest BCUT2D eigenvalue weighted by Crippen LogP contribution is -2.46. The summed E-state index contributed by atoms with van der Waals surface area (Å²) in [7, 11) is 2.03. The minimum Gasteiger partial charge on any atom is -0.374 e. The molecular formula is C18H23N3O4. The number of hydrogen-bond acceptors (Lipinski definition) is 5. The summed E-state index contributed by atoms with van der Waals surface area (Å²) in [5.74, 6) is -0.646. The second kappa shape index (κ2) is 7.76. The smallest absolute Gasteiger partial charge is 0.261 e. The van der Waals surface area contributed by atoms with Crippen LogP contribution in [-0.4, -0.2) is 73.5 Å². The minimum atomic E-state index is -0.278. The zero-order valence-corrected chi connectivity index (χ0v) is 14.4. The van der Waals surface area contributed by atoms with Gasteiger partial charge in [-0.1, -0.05) is 12.1 Å². The molecule has 2 heterocycles. The molecule has 7 nitrogen and oxygen atoms in total. The standard InChI is InChI=1S/C18H23N3O4/c1-20-9-10-25-13(12-20)11-19-16(22)7-4-8-21-17(23)14-5-2-3-6-15(14)18(21)24/h2-3,5-6,13H,4,7-12H2,1H3,(H,19,22). The highest BCUT2D eigenvalue weighted by atomic mass is 16.5. The van der Waals surface area contributed by atoms with Gasteiger partial charge in [-0.2, -0.15) is 0 Å². The molecule has 1 aromatic carbocycles. The van der Waals surface area contributed by atoms with Crippen LogP contribution in [0.15, 0.2) is 24.3 Å². The number of benzene rings is 1. The molecule has 1 atom stereocenters. The number of imide groups is 1. The average molecular weight is 345 g/mol. The second-order valence-electron chi connectivity index (χ2n) is 6.47. The Kier molecular flexibility index (Phi) is 5.45. The summed E-state index contributed by atoms with van der Waals surface area (Å²) in [5.41, 5.74) is 0.881. The lowest BCUT2D eigenvalue weighted by molar-refractivity contribution is -0.122. The molecule has 1 aromatic rings. The monoisotopic (exact) mass is 345 g/mol. The molecule has 0 radical (unpaired) electrons. The summed E-state index contributed by atoms with van der Waals surface area (Å²) < 4.78 is 5.59. The molecule has 1 saturated heterocycles. The van der Waals surface area contributed by atoms with E-state index < -0.39 is 0 Å². The quantitative estimate of drug-likeness (QED) is 0.760. The first-order chi connectivity index (χ1) is 12.1. The zero-order valence-electron chi connectivity index (χ0n) is 14.4. The molecule has 25 heavy (non-hydrogen) atoms. The third-order valence-electron chi connectivity index (χ3n) is 4.53. The topological polar surface area (TPSA) is 79.0 Å². The maximum absolute atomic E-state index is 12.2. The van der Waals surface area contributed by atoms with Gasteiger partial charge in [-0.25, -0.2) is 0 Å². The number of nitrogens with one attached hydrogen (secondary N) is 1. The van der Waals surface area contributed by atoms with Crippen LogP contribution in [0.4, 0.5) is 0 Å². The van der Waals surface area contributed by atoms with Crippen molar-refractivity contribution in [2.45, 2.75) is 18.9 Å². The number of rotatable bonds is 6. The van der Waals surface area contributed by atoms with E-state index in [9.17, 15) is 14.4 Å². The van der Waals surface area contributed by atoms with E-state index in [0.29, 0.717) is 30.7 Å². The molecule has 2 aliphatic rings. The molecule has 3 amide bonds. The molecular weight excluding hydrogens is 322 g/mol. The van der Waals surface area contributed by atoms with Crippen molar-refractivity contribution in [3.05, 3.63) is 35.4 Å². The van der Waals surface area contributed by atoms with Crippen molar-refractivity contribution in [3.8, 4) is 0 Å². The molecule has 0 saturated carbocycles. The van der Waals surface area contributed by atoms with E-state index >= 15 is 0 Å². The highest BCUT2D eigenvalue weighted by molar-refractivity contribution is 6.21. The second-order valence-corrected chi connectivity index (χ2v) is 6.47. The summed E-state index contributed by atoms with van der Waals surface area (Å²) in [6.07, 6.45) is 0.734. The van der Waals surface area contributed by atoms with Gasteiger partial charge in [0.25, 0.3) is 11.8 Å². The SMILES string of the molecule is CN1CCOC(CNC(=O)CCCN2C(=O)c3ccccc3C2=O)C1. The number of carbonyl (C=O) groups excluding carboxylic acids is 3.